The molecule has 0 saturated carbocycles. The topological polar surface area (TPSA) is 108 Å². The lowest BCUT2D eigenvalue weighted by molar-refractivity contribution is -0.126. The molecule has 1 amide bonds. The number of rotatable bonds is 6. The molecule has 1 aliphatic rings. The minimum atomic E-state index is -0.510. The van der Waals surface area contributed by atoms with Gasteiger partial charge in [-0.1, -0.05) is 12.1 Å². The Balaban J connectivity index is 0.00000261. The van der Waals surface area contributed by atoms with Gasteiger partial charge in [-0.25, -0.2) is 9.48 Å². The molecule has 2 heterocycles. The van der Waals surface area contributed by atoms with Gasteiger partial charge in [0.25, 0.3) is 5.91 Å². The molecule has 0 unspecified atom stereocenters. The smallest absolute Gasteiger partial charge is 0.358 e. The average molecular weight is 395 g/mol. The van der Waals surface area contributed by atoms with Crippen molar-refractivity contribution < 1.29 is 19.1 Å². The molecule has 146 valence electrons. The molecule has 1 fully saturated rings. The molecule has 27 heavy (non-hydrogen) atoms. The van der Waals surface area contributed by atoms with Crippen LogP contribution in [0.15, 0.2) is 36.5 Å². The number of esters is 1. The minimum Gasteiger partial charge on any atom is -0.461 e. The summed E-state index contributed by atoms with van der Waals surface area (Å²) < 4.78 is 12.1. The van der Waals surface area contributed by atoms with Gasteiger partial charge >= 0.3 is 5.97 Å². The van der Waals surface area contributed by atoms with Gasteiger partial charge in [0.1, 0.15) is 6.10 Å². The Bertz CT molecular complexity index is 795. The van der Waals surface area contributed by atoms with Crippen molar-refractivity contribution >= 4 is 30.0 Å². The molecule has 1 aromatic heterocycles. The molecule has 8 nitrogen and oxygen atoms in total. The van der Waals surface area contributed by atoms with Crippen LogP contribution >= 0.6 is 12.4 Å². The zero-order valence-corrected chi connectivity index (χ0v) is 15.8. The Morgan fingerprint density at radius 2 is 2.11 bits per heavy atom. The second-order valence-corrected chi connectivity index (χ2v) is 5.93. The lowest BCUT2D eigenvalue weighted by Crippen LogP contribution is -2.30. The van der Waals surface area contributed by atoms with Crippen molar-refractivity contribution in [2.75, 3.05) is 18.5 Å². The second-order valence-electron chi connectivity index (χ2n) is 5.93. The van der Waals surface area contributed by atoms with Crippen LogP contribution in [0, 0.1) is 0 Å². The van der Waals surface area contributed by atoms with Gasteiger partial charge < -0.3 is 20.5 Å². The van der Waals surface area contributed by atoms with E-state index in [4.69, 9.17) is 15.2 Å². The Morgan fingerprint density at radius 3 is 2.81 bits per heavy atom. The Kier molecular flexibility index (Phi) is 7.35. The Morgan fingerprint density at radius 1 is 1.33 bits per heavy atom. The number of nitrogens with two attached hydrogens (primary N) is 1. The minimum absolute atomic E-state index is 0. The third kappa shape index (κ3) is 4.85. The number of benzene rings is 1. The van der Waals surface area contributed by atoms with Gasteiger partial charge in [-0.2, -0.15) is 5.10 Å². The highest BCUT2D eigenvalue weighted by molar-refractivity contribution is 5.96. The molecule has 0 bridgehead atoms. The van der Waals surface area contributed by atoms with E-state index in [9.17, 15) is 9.59 Å². The van der Waals surface area contributed by atoms with E-state index in [1.807, 2.05) is 12.1 Å². The molecule has 3 N–H and O–H groups in total. The third-order valence-electron chi connectivity index (χ3n) is 4.15. The number of carbonyl (C=O) groups is 2. The highest BCUT2D eigenvalue weighted by atomic mass is 35.5. The third-order valence-corrected chi connectivity index (χ3v) is 4.15. The first-order valence-electron chi connectivity index (χ1n) is 8.61. The first-order valence-corrected chi connectivity index (χ1v) is 8.61. The number of hydrogen-bond acceptors (Lipinski definition) is 6. The van der Waals surface area contributed by atoms with Gasteiger partial charge in [0.2, 0.25) is 0 Å². The van der Waals surface area contributed by atoms with Crippen LogP contribution in [0.25, 0.3) is 5.69 Å². The summed E-state index contributed by atoms with van der Waals surface area (Å²) in [6.45, 7) is 2.42. The van der Waals surface area contributed by atoms with Gasteiger partial charge in [0, 0.05) is 12.7 Å². The van der Waals surface area contributed by atoms with Gasteiger partial charge in [-0.05, 0) is 38.0 Å². The molecule has 0 aliphatic carbocycles. The number of carbonyl (C=O) groups excluding carboxylic acids is 2. The van der Waals surface area contributed by atoms with Crippen LogP contribution in [-0.4, -0.2) is 47.0 Å². The van der Waals surface area contributed by atoms with Crippen molar-refractivity contribution in [2.45, 2.75) is 32.0 Å². The molecule has 2 aromatic rings. The standard InChI is InChI=1S/C18H22N4O4.ClH/c1-2-25-18(24)14-9-10-22(21-14)15-6-4-3-5-13(15)20-17(23)16-8-7-12(11-19)26-16;/h3-6,9-10,12,16H,2,7-8,11,19H2,1H3,(H,20,23);1H/t12-,16+;/m1./s1. The van der Waals surface area contributed by atoms with Gasteiger partial charge in [-0.3, -0.25) is 4.79 Å². The SMILES string of the molecule is CCOC(=O)c1ccn(-c2ccccc2NC(=O)[C@@H]2CC[C@H](CN)O2)n1.Cl. The van der Waals surface area contributed by atoms with Crippen LogP contribution in [0.1, 0.15) is 30.3 Å². The maximum Gasteiger partial charge on any atom is 0.358 e. The summed E-state index contributed by atoms with van der Waals surface area (Å²) in [6, 6.07) is 8.78. The summed E-state index contributed by atoms with van der Waals surface area (Å²) in [7, 11) is 0. The first-order chi connectivity index (χ1) is 12.6. The molecular weight excluding hydrogens is 372 g/mol. The zero-order chi connectivity index (χ0) is 18.5. The average Bonchev–Trinajstić information content (AvgIpc) is 3.32. The van der Waals surface area contributed by atoms with Crippen LogP contribution in [-0.2, 0) is 14.3 Å². The summed E-state index contributed by atoms with van der Waals surface area (Å²) >= 11 is 0. The summed E-state index contributed by atoms with van der Waals surface area (Å²) in [5, 5.41) is 7.11. The van der Waals surface area contributed by atoms with Crippen molar-refractivity contribution in [1.29, 1.82) is 0 Å². The number of hydrogen-bond donors (Lipinski definition) is 2. The Labute approximate surface area is 163 Å². The Hall–Kier alpha value is -2.42. The number of aromatic nitrogens is 2. The number of ether oxygens (including phenoxy) is 2. The van der Waals surface area contributed by atoms with E-state index in [0.717, 1.165) is 6.42 Å². The molecule has 0 spiro atoms. The number of amides is 1. The molecule has 1 aromatic carbocycles. The van der Waals surface area contributed by atoms with Crippen LogP contribution in [0.3, 0.4) is 0 Å². The molecular formula is C18H23ClN4O4. The fourth-order valence-corrected chi connectivity index (χ4v) is 2.84. The van der Waals surface area contributed by atoms with Crippen molar-refractivity contribution in [3.05, 3.63) is 42.2 Å². The van der Waals surface area contributed by atoms with E-state index < -0.39 is 12.1 Å². The lowest BCUT2D eigenvalue weighted by Gasteiger charge is -2.15. The molecule has 1 aliphatic heterocycles. The largest absolute Gasteiger partial charge is 0.461 e. The van der Waals surface area contributed by atoms with Crippen molar-refractivity contribution in [1.82, 2.24) is 9.78 Å². The quantitative estimate of drug-likeness (QED) is 0.724. The van der Waals surface area contributed by atoms with E-state index in [0.29, 0.717) is 24.3 Å². The normalized spacial score (nSPS) is 18.6. The number of nitrogens with one attached hydrogen (secondary N) is 1. The maximum absolute atomic E-state index is 12.5. The van der Waals surface area contributed by atoms with Gasteiger partial charge in [0.05, 0.1) is 24.1 Å². The van der Waals surface area contributed by atoms with Crippen molar-refractivity contribution in [2.24, 2.45) is 5.73 Å². The molecule has 0 radical (unpaired) electrons. The van der Waals surface area contributed by atoms with E-state index in [1.165, 1.54) is 4.68 Å². The summed E-state index contributed by atoms with van der Waals surface area (Å²) in [4.78, 5) is 24.3. The van der Waals surface area contributed by atoms with Crippen molar-refractivity contribution in [3.63, 3.8) is 0 Å². The number of nitrogens with zero attached hydrogens (tertiary/aromatic N) is 2. The van der Waals surface area contributed by atoms with E-state index >= 15 is 0 Å². The zero-order valence-electron chi connectivity index (χ0n) is 15.0. The van der Waals surface area contributed by atoms with Gasteiger partial charge in [-0.15, -0.1) is 12.4 Å². The first kappa shape index (κ1) is 20.9. The predicted molar refractivity (Wildman–Crippen MR) is 102 cm³/mol. The van der Waals surface area contributed by atoms with Crippen LogP contribution in [0.4, 0.5) is 5.69 Å². The number of para-hydroxylation sites is 2. The highest BCUT2D eigenvalue weighted by Crippen LogP contribution is 2.23. The second kappa shape index (κ2) is 9.50. The maximum atomic E-state index is 12.5. The highest BCUT2D eigenvalue weighted by Gasteiger charge is 2.30. The number of anilines is 1. The van der Waals surface area contributed by atoms with Crippen molar-refractivity contribution in [3.8, 4) is 5.69 Å². The summed E-state index contributed by atoms with van der Waals surface area (Å²) in [5.74, 6) is -0.703. The van der Waals surface area contributed by atoms with E-state index in [-0.39, 0.29) is 36.7 Å². The van der Waals surface area contributed by atoms with Crippen LogP contribution < -0.4 is 11.1 Å². The summed E-state index contributed by atoms with van der Waals surface area (Å²) in [5.41, 5.74) is 7.02. The van der Waals surface area contributed by atoms with Crippen LogP contribution in [0.5, 0.6) is 0 Å². The predicted octanol–water partition coefficient (Wildman–Crippen LogP) is 1.92. The number of halogens is 1. The van der Waals surface area contributed by atoms with E-state index in [2.05, 4.69) is 10.4 Å². The fraction of sp³-hybridized carbons (Fsp3) is 0.389. The van der Waals surface area contributed by atoms with Gasteiger partial charge in [0.15, 0.2) is 5.69 Å². The molecule has 1 saturated heterocycles. The summed E-state index contributed by atoms with van der Waals surface area (Å²) in [6.07, 6.45) is 2.49. The monoisotopic (exact) mass is 394 g/mol. The molecule has 3 rings (SSSR count). The fourth-order valence-electron chi connectivity index (χ4n) is 2.84. The molecule has 9 heteroatoms. The molecule has 2 atom stereocenters. The van der Waals surface area contributed by atoms with Crippen LogP contribution in [0.2, 0.25) is 0 Å². The lowest BCUT2D eigenvalue weighted by atomic mass is 10.2. The van der Waals surface area contributed by atoms with E-state index in [1.54, 1.807) is 31.3 Å².